The molecule has 1 aliphatic rings. The number of hydrogen-bond acceptors (Lipinski definition) is 4. The molecule has 1 saturated heterocycles. The number of ether oxygens (including phenoxy) is 1. The number of hydrogen-bond donors (Lipinski definition) is 0. The number of likely N-dealkylation sites (tertiary alicyclic amines) is 1. The summed E-state index contributed by atoms with van der Waals surface area (Å²) in [7, 11) is 0. The lowest BCUT2D eigenvalue weighted by atomic mass is 9.91. The monoisotopic (exact) mass is 314 g/mol. The van der Waals surface area contributed by atoms with Gasteiger partial charge in [0.25, 0.3) is 0 Å². The molecular formula is C19H26N2O2. The molecule has 1 unspecified atom stereocenters. The summed E-state index contributed by atoms with van der Waals surface area (Å²) in [6.45, 7) is 4.68. The van der Waals surface area contributed by atoms with Crippen LogP contribution in [0.25, 0.3) is 0 Å². The lowest BCUT2D eigenvalue weighted by Crippen LogP contribution is -2.33. The summed E-state index contributed by atoms with van der Waals surface area (Å²) >= 11 is 0. The van der Waals surface area contributed by atoms with Crippen molar-refractivity contribution in [1.29, 1.82) is 5.26 Å². The first-order chi connectivity index (χ1) is 11.2. The van der Waals surface area contributed by atoms with Gasteiger partial charge in [0.15, 0.2) is 6.10 Å². The van der Waals surface area contributed by atoms with Gasteiger partial charge in [0, 0.05) is 13.5 Å². The molecule has 0 aliphatic carbocycles. The van der Waals surface area contributed by atoms with Crippen molar-refractivity contribution in [2.75, 3.05) is 13.1 Å². The zero-order valence-electron chi connectivity index (χ0n) is 13.9. The predicted molar refractivity (Wildman–Crippen MR) is 89.5 cm³/mol. The van der Waals surface area contributed by atoms with Crippen molar-refractivity contribution < 1.29 is 9.53 Å². The third-order valence-corrected chi connectivity index (χ3v) is 4.49. The molecule has 1 heterocycles. The van der Waals surface area contributed by atoms with Crippen LogP contribution in [-0.2, 0) is 16.1 Å². The van der Waals surface area contributed by atoms with Crippen molar-refractivity contribution in [2.45, 2.75) is 51.7 Å². The molecule has 1 atom stereocenters. The van der Waals surface area contributed by atoms with Crippen LogP contribution in [-0.4, -0.2) is 30.1 Å². The van der Waals surface area contributed by atoms with Crippen molar-refractivity contribution >= 4 is 5.97 Å². The first-order valence-corrected chi connectivity index (χ1v) is 8.50. The molecule has 1 aromatic rings. The zero-order chi connectivity index (χ0) is 16.5. The average molecular weight is 314 g/mol. The number of rotatable bonds is 7. The summed E-state index contributed by atoms with van der Waals surface area (Å²) in [6.07, 6.45) is 4.59. The van der Waals surface area contributed by atoms with Crippen LogP contribution in [0.2, 0.25) is 0 Å². The molecule has 124 valence electrons. The number of carbonyl (C=O) groups excluding carboxylic acids is 1. The molecule has 1 fully saturated rings. The molecule has 1 aromatic carbocycles. The van der Waals surface area contributed by atoms with Gasteiger partial charge in [-0.3, -0.25) is 9.69 Å². The first-order valence-electron chi connectivity index (χ1n) is 8.50. The van der Waals surface area contributed by atoms with Gasteiger partial charge in [-0.05, 0) is 50.3 Å². The van der Waals surface area contributed by atoms with Crippen LogP contribution in [0, 0.1) is 17.2 Å². The van der Waals surface area contributed by atoms with Crippen LogP contribution in [0.1, 0.15) is 44.6 Å². The van der Waals surface area contributed by atoms with Gasteiger partial charge in [-0.1, -0.05) is 36.8 Å². The van der Waals surface area contributed by atoms with Crippen LogP contribution in [0.5, 0.6) is 0 Å². The Kier molecular flexibility index (Phi) is 7.09. The lowest BCUT2D eigenvalue weighted by Gasteiger charge is -2.32. The van der Waals surface area contributed by atoms with E-state index in [0.29, 0.717) is 6.42 Å². The molecular weight excluding hydrogens is 288 g/mol. The van der Waals surface area contributed by atoms with Crippen LogP contribution < -0.4 is 0 Å². The van der Waals surface area contributed by atoms with E-state index in [0.717, 1.165) is 38.4 Å². The molecule has 0 amide bonds. The molecule has 0 saturated carbocycles. The Morgan fingerprint density at radius 2 is 2.04 bits per heavy atom. The maximum atomic E-state index is 10.9. The van der Waals surface area contributed by atoms with E-state index in [1.54, 1.807) is 0 Å². The summed E-state index contributed by atoms with van der Waals surface area (Å²) in [5.74, 6) is 0.365. The quantitative estimate of drug-likeness (QED) is 0.723. The van der Waals surface area contributed by atoms with E-state index in [4.69, 9.17) is 10.00 Å². The Labute approximate surface area is 139 Å². The maximum Gasteiger partial charge on any atom is 0.303 e. The molecule has 0 N–H and O–H groups in total. The van der Waals surface area contributed by atoms with Crippen LogP contribution in [0.4, 0.5) is 0 Å². The Bertz CT molecular complexity index is 516. The second-order valence-electron chi connectivity index (χ2n) is 6.36. The maximum absolute atomic E-state index is 10.9. The van der Waals surface area contributed by atoms with Crippen molar-refractivity contribution in [3.8, 4) is 6.07 Å². The highest BCUT2D eigenvalue weighted by Crippen LogP contribution is 2.24. The summed E-state index contributed by atoms with van der Waals surface area (Å²) in [5, 5.41) is 8.95. The van der Waals surface area contributed by atoms with Crippen LogP contribution in [0.15, 0.2) is 30.3 Å². The Morgan fingerprint density at radius 3 is 2.65 bits per heavy atom. The normalized spacial score (nSPS) is 17.4. The minimum atomic E-state index is -0.578. The SMILES string of the molecule is CC(=O)OC(C#N)CCCC1CCN(Cc2ccccc2)CC1. The summed E-state index contributed by atoms with van der Waals surface area (Å²) in [6, 6.07) is 12.7. The molecule has 2 rings (SSSR count). The zero-order valence-corrected chi connectivity index (χ0v) is 13.9. The van der Waals surface area contributed by atoms with Gasteiger partial charge in [-0.15, -0.1) is 0 Å². The summed E-state index contributed by atoms with van der Waals surface area (Å²) in [4.78, 5) is 13.4. The standard InChI is InChI=1S/C19H26N2O2/c1-16(22)23-19(14-20)9-5-8-17-10-12-21(13-11-17)15-18-6-3-2-4-7-18/h2-4,6-7,17,19H,5,8-13,15H2,1H3. The largest absolute Gasteiger partial charge is 0.447 e. The van der Waals surface area contributed by atoms with E-state index in [1.165, 1.54) is 25.3 Å². The molecule has 0 spiro atoms. The number of nitriles is 1. The molecule has 0 bridgehead atoms. The number of carbonyl (C=O) groups is 1. The van der Waals surface area contributed by atoms with E-state index in [2.05, 4.69) is 41.3 Å². The van der Waals surface area contributed by atoms with E-state index in [1.807, 2.05) is 0 Å². The van der Waals surface area contributed by atoms with Gasteiger partial charge in [-0.25, -0.2) is 0 Å². The number of benzene rings is 1. The van der Waals surface area contributed by atoms with E-state index < -0.39 is 6.10 Å². The Morgan fingerprint density at radius 1 is 1.35 bits per heavy atom. The highest BCUT2D eigenvalue weighted by Gasteiger charge is 2.20. The molecule has 4 heteroatoms. The molecule has 23 heavy (non-hydrogen) atoms. The number of piperidine rings is 1. The molecule has 1 aliphatic heterocycles. The Hall–Kier alpha value is -1.86. The topological polar surface area (TPSA) is 53.3 Å². The third kappa shape index (κ3) is 6.42. The van der Waals surface area contributed by atoms with Crippen molar-refractivity contribution in [1.82, 2.24) is 4.90 Å². The average Bonchev–Trinajstić information content (AvgIpc) is 2.56. The fraction of sp³-hybridized carbons (Fsp3) is 0.579. The minimum Gasteiger partial charge on any atom is -0.447 e. The second kappa shape index (κ2) is 9.32. The van der Waals surface area contributed by atoms with E-state index in [9.17, 15) is 4.79 Å². The highest BCUT2D eigenvalue weighted by molar-refractivity contribution is 5.66. The van der Waals surface area contributed by atoms with Crippen molar-refractivity contribution in [2.24, 2.45) is 5.92 Å². The molecule has 0 aromatic heterocycles. The number of esters is 1. The Balaban J connectivity index is 1.63. The lowest BCUT2D eigenvalue weighted by molar-refractivity contribution is -0.144. The molecule has 0 radical (unpaired) electrons. The minimum absolute atomic E-state index is 0.370. The van der Waals surface area contributed by atoms with Gasteiger partial charge in [0.05, 0.1) is 0 Å². The van der Waals surface area contributed by atoms with Gasteiger partial charge >= 0.3 is 5.97 Å². The second-order valence-corrected chi connectivity index (χ2v) is 6.36. The third-order valence-electron chi connectivity index (χ3n) is 4.49. The fourth-order valence-electron chi connectivity index (χ4n) is 3.22. The van der Waals surface area contributed by atoms with Gasteiger partial charge in [-0.2, -0.15) is 5.26 Å². The summed E-state index contributed by atoms with van der Waals surface area (Å²) in [5.41, 5.74) is 1.38. The van der Waals surface area contributed by atoms with Crippen LogP contribution >= 0.6 is 0 Å². The fourth-order valence-corrected chi connectivity index (χ4v) is 3.22. The van der Waals surface area contributed by atoms with Gasteiger partial charge in [0.2, 0.25) is 0 Å². The van der Waals surface area contributed by atoms with Crippen molar-refractivity contribution in [3.63, 3.8) is 0 Å². The predicted octanol–water partition coefficient (Wildman–Crippen LogP) is 3.52. The highest BCUT2D eigenvalue weighted by atomic mass is 16.5. The summed E-state index contributed by atoms with van der Waals surface area (Å²) < 4.78 is 4.96. The van der Waals surface area contributed by atoms with E-state index in [-0.39, 0.29) is 5.97 Å². The first kappa shape index (κ1) is 17.5. The smallest absolute Gasteiger partial charge is 0.303 e. The van der Waals surface area contributed by atoms with Gasteiger partial charge in [0.1, 0.15) is 6.07 Å². The van der Waals surface area contributed by atoms with E-state index >= 15 is 0 Å². The van der Waals surface area contributed by atoms with Gasteiger partial charge < -0.3 is 4.74 Å². The van der Waals surface area contributed by atoms with Crippen molar-refractivity contribution in [3.05, 3.63) is 35.9 Å². The van der Waals surface area contributed by atoms with Crippen LogP contribution in [0.3, 0.4) is 0 Å². The number of nitrogens with zero attached hydrogens (tertiary/aromatic N) is 2. The molecule has 4 nitrogen and oxygen atoms in total.